The Morgan fingerprint density at radius 3 is 2.88 bits per heavy atom. The van der Waals surface area contributed by atoms with E-state index < -0.39 is 18.0 Å². The molecular formula is C18H21ClN2O5. The number of halogens is 1. The second-order valence-electron chi connectivity index (χ2n) is 6.20. The van der Waals surface area contributed by atoms with Crippen LogP contribution in [0.1, 0.15) is 31.4 Å². The molecule has 0 aliphatic carbocycles. The van der Waals surface area contributed by atoms with E-state index in [0.29, 0.717) is 34.2 Å². The van der Waals surface area contributed by atoms with Gasteiger partial charge in [-0.1, -0.05) is 17.7 Å². The van der Waals surface area contributed by atoms with Gasteiger partial charge in [0.05, 0.1) is 29.9 Å². The van der Waals surface area contributed by atoms with Crippen LogP contribution in [0.4, 0.5) is 4.79 Å². The van der Waals surface area contributed by atoms with Crippen molar-refractivity contribution in [3.63, 3.8) is 0 Å². The Balaban J connectivity index is 1.84. The number of hydrogen-bond acceptors (Lipinski definition) is 5. The molecule has 8 heteroatoms. The largest absolute Gasteiger partial charge is 0.495 e. The zero-order valence-electron chi connectivity index (χ0n) is 14.6. The number of nitrogens with one attached hydrogen (secondary N) is 2. The standard InChI is InChI=1S/C18H21ClN2O5/c1-10-15(17(22)26-9-12-4-3-7-25-12)16(21-18(23)20-10)11-5-6-14(24-2)13(19)8-11/h5-6,8,12,16H,3-4,7,9H2,1-2H3,(H2,20,21,23)/t12-,16+/m0/s1. The molecule has 26 heavy (non-hydrogen) atoms. The number of carbonyl (C=O) groups excluding carboxylic acids is 2. The first-order valence-electron chi connectivity index (χ1n) is 8.40. The minimum atomic E-state index is -0.663. The Hall–Kier alpha value is -2.25. The molecule has 0 saturated carbocycles. The molecule has 2 heterocycles. The van der Waals surface area contributed by atoms with Gasteiger partial charge in [-0.25, -0.2) is 9.59 Å². The molecule has 2 aliphatic heterocycles. The molecule has 0 bridgehead atoms. The van der Waals surface area contributed by atoms with E-state index in [0.717, 1.165) is 12.8 Å². The molecule has 1 aromatic carbocycles. The molecule has 140 valence electrons. The molecule has 0 aromatic heterocycles. The Morgan fingerprint density at radius 2 is 2.23 bits per heavy atom. The first-order chi connectivity index (χ1) is 12.5. The Bertz CT molecular complexity index is 743. The normalized spacial score (nSPS) is 22.7. The van der Waals surface area contributed by atoms with Gasteiger partial charge in [-0.2, -0.15) is 0 Å². The van der Waals surface area contributed by atoms with Gasteiger partial charge in [0.2, 0.25) is 0 Å². The Kier molecular flexibility index (Phi) is 5.68. The molecule has 2 amide bonds. The molecule has 1 saturated heterocycles. The van der Waals surface area contributed by atoms with Crippen LogP contribution in [-0.4, -0.2) is 38.4 Å². The van der Waals surface area contributed by atoms with Crippen molar-refractivity contribution in [1.29, 1.82) is 0 Å². The number of hydrogen-bond donors (Lipinski definition) is 2. The van der Waals surface area contributed by atoms with E-state index in [1.54, 1.807) is 25.1 Å². The van der Waals surface area contributed by atoms with Crippen LogP contribution in [-0.2, 0) is 14.3 Å². The van der Waals surface area contributed by atoms with Crippen molar-refractivity contribution in [2.45, 2.75) is 31.9 Å². The third-order valence-corrected chi connectivity index (χ3v) is 4.72. The molecule has 1 aromatic rings. The lowest BCUT2D eigenvalue weighted by Gasteiger charge is -2.28. The van der Waals surface area contributed by atoms with Gasteiger partial charge in [0, 0.05) is 12.3 Å². The summed E-state index contributed by atoms with van der Waals surface area (Å²) in [6, 6.07) is 4.05. The highest BCUT2D eigenvalue weighted by molar-refractivity contribution is 6.32. The Labute approximate surface area is 156 Å². The van der Waals surface area contributed by atoms with Gasteiger partial charge >= 0.3 is 12.0 Å². The maximum atomic E-state index is 12.7. The van der Waals surface area contributed by atoms with E-state index in [-0.39, 0.29) is 12.7 Å². The lowest BCUT2D eigenvalue weighted by Crippen LogP contribution is -2.45. The topological polar surface area (TPSA) is 85.9 Å². The first kappa shape index (κ1) is 18.5. The summed E-state index contributed by atoms with van der Waals surface area (Å²) < 4.78 is 16.1. The van der Waals surface area contributed by atoms with E-state index in [9.17, 15) is 9.59 Å². The van der Waals surface area contributed by atoms with Crippen LogP contribution < -0.4 is 15.4 Å². The van der Waals surface area contributed by atoms with Gasteiger partial charge in [0.1, 0.15) is 12.4 Å². The van der Waals surface area contributed by atoms with Crippen molar-refractivity contribution >= 4 is 23.6 Å². The number of allylic oxidation sites excluding steroid dienone is 1. The zero-order chi connectivity index (χ0) is 18.7. The lowest BCUT2D eigenvalue weighted by molar-refractivity contribution is -0.142. The number of esters is 1. The number of amides is 2. The van der Waals surface area contributed by atoms with Crippen LogP contribution in [0, 0.1) is 0 Å². The van der Waals surface area contributed by atoms with Crippen molar-refractivity contribution in [2.24, 2.45) is 0 Å². The smallest absolute Gasteiger partial charge is 0.338 e. The fraction of sp³-hybridized carbons (Fsp3) is 0.444. The van der Waals surface area contributed by atoms with Crippen LogP contribution in [0.25, 0.3) is 0 Å². The van der Waals surface area contributed by atoms with E-state index in [1.165, 1.54) is 7.11 Å². The second-order valence-corrected chi connectivity index (χ2v) is 6.60. The number of rotatable bonds is 5. The van der Waals surface area contributed by atoms with E-state index >= 15 is 0 Å². The van der Waals surface area contributed by atoms with Crippen LogP contribution in [0.15, 0.2) is 29.5 Å². The summed E-state index contributed by atoms with van der Waals surface area (Å²) in [7, 11) is 1.52. The third-order valence-electron chi connectivity index (χ3n) is 4.42. The van der Waals surface area contributed by atoms with Crippen molar-refractivity contribution in [3.05, 3.63) is 40.1 Å². The predicted molar refractivity (Wildman–Crippen MR) is 95.0 cm³/mol. The molecule has 2 aliphatic rings. The van der Waals surface area contributed by atoms with Gasteiger partial charge in [0.15, 0.2) is 0 Å². The minimum Gasteiger partial charge on any atom is -0.495 e. The second kappa shape index (κ2) is 7.97. The minimum absolute atomic E-state index is 0.0696. The lowest BCUT2D eigenvalue weighted by atomic mass is 9.95. The monoisotopic (exact) mass is 380 g/mol. The van der Waals surface area contributed by atoms with Crippen LogP contribution in [0.3, 0.4) is 0 Å². The summed E-state index contributed by atoms with van der Waals surface area (Å²) in [6.07, 6.45) is 1.77. The van der Waals surface area contributed by atoms with E-state index in [2.05, 4.69) is 10.6 Å². The Morgan fingerprint density at radius 1 is 1.42 bits per heavy atom. The molecule has 0 unspecified atom stereocenters. The molecule has 2 N–H and O–H groups in total. The summed E-state index contributed by atoms with van der Waals surface area (Å²) in [5.41, 5.74) is 1.45. The number of carbonyl (C=O) groups is 2. The molecular weight excluding hydrogens is 360 g/mol. The molecule has 0 radical (unpaired) electrons. The zero-order valence-corrected chi connectivity index (χ0v) is 15.4. The summed E-state index contributed by atoms with van der Waals surface area (Å²) in [5, 5.41) is 5.75. The average molecular weight is 381 g/mol. The summed E-state index contributed by atoms with van der Waals surface area (Å²) in [6.45, 7) is 2.55. The van der Waals surface area contributed by atoms with Gasteiger partial charge < -0.3 is 24.8 Å². The summed E-state index contributed by atoms with van der Waals surface area (Å²) >= 11 is 6.19. The van der Waals surface area contributed by atoms with Crippen LogP contribution >= 0.6 is 11.6 Å². The molecule has 1 fully saturated rings. The highest BCUT2D eigenvalue weighted by atomic mass is 35.5. The number of urea groups is 1. The van der Waals surface area contributed by atoms with Crippen LogP contribution in [0.5, 0.6) is 5.75 Å². The quantitative estimate of drug-likeness (QED) is 0.767. The third kappa shape index (κ3) is 3.94. The summed E-state index contributed by atoms with van der Waals surface area (Å²) in [5.74, 6) is 0.0151. The maximum Gasteiger partial charge on any atom is 0.338 e. The first-order valence-corrected chi connectivity index (χ1v) is 8.78. The fourth-order valence-corrected chi connectivity index (χ4v) is 3.36. The molecule has 7 nitrogen and oxygen atoms in total. The van der Waals surface area contributed by atoms with E-state index in [1.807, 2.05) is 0 Å². The average Bonchev–Trinajstić information content (AvgIpc) is 3.12. The van der Waals surface area contributed by atoms with E-state index in [4.69, 9.17) is 25.8 Å². The summed E-state index contributed by atoms with van der Waals surface area (Å²) in [4.78, 5) is 24.6. The number of methoxy groups -OCH3 is 1. The van der Waals surface area contributed by atoms with Crippen LogP contribution in [0.2, 0.25) is 5.02 Å². The maximum absolute atomic E-state index is 12.7. The van der Waals surface area contributed by atoms with Crippen molar-refractivity contribution < 1.29 is 23.8 Å². The van der Waals surface area contributed by atoms with Gasteiger partial charge in [-0.15, -0.1) is 0 Å². The molecule has 2 atom stereocenters. The van der Waals surface area contributed by atoms with Crippen molar-refractivity contribution in [1.82, 2.24) is 10.6 Å². The SMILES string of the molecule is COc1ccc([C@H]2NC(=O)NC(C)=C2C(=O)OC[C@@H]2CCCO2)cc1Cl. The van der Waals surface area contributed by atoms with Crippen molar-refractivity contribution in [2.75, 3.05) is 20.3 Å². The van der Waals surface area contributed by atoms with Gasteiger partial charge in [-0.3, -0.25) is 0 Å². The fourth-order valence-electron chi connectivity index (χ4n) is 3.10. The van der Waals surface area contributed by atoms with Gasteiger partial charge in [-0.05, 0) is 37.5 Å². The molecule has 3 rings (SSSR count). The van der Waals surface area contributed by atoms with Gasteiger partial charge in [0.25, 0.3) is 0 Å². The highest BCUT2D eigenvalue weighted by Gasteiger charge is 2.33. The predicted octanol–water partition coefficient (Wildman–Crippen LogP) is 2.70. The molecule has 0 spiro atoms. The number of benzene rings is 1. The highest BCUT2D eigenvalue weighted by Crippen LogP contribution is 2.33. The van der Waals surface area contributed by atoms with Crippen molar-refractivity contribution in [3.8, 4) is 5.75 Å². The number of ether oxygens (including phenoxy) is 3.